The second-order valence-corrected chi connectivity index (χ2v) is 5.31. The van der Waals surface area contributed by atoms with Crippen LogP contribution < -0.4 is 5.56 Å². The Hall–Kier alpha value is -2.05. The first-order valence-electron chi connectivity index (χ1n) is 6.15. The van der Waals surface area contributed by atoms with Crippen molar-refractivity contribution in [3.63, 3.8) is 0 Å². The van der Waals surface area contributed by atoms with Crippen molar-refractivity contribution < 1.29 is 4.74 Å². The highest BCUT2D eigenvalue weighted by molar-refractivity contribution is 7.10. The van der Waals surface area contributed by atoms with E-state index in [0.29, 0.717) is 17.4 Å². The molecular weight excluding hydrogens is 274 g/mol. The highest BCUT2D eigenvalue weighted by Crippen LogP contribution is 2.23. The van der Waals surface area contributed by atoms with E-state index in [-0.39, 0.29) is 11.7 Å². The molecule has 0 fully saturated rings. The summed E-state index contributed by atoms with van der Waals surface area (Å²) < 4.78 is 7.04. The van der Waals surface area contributed by atoms with Gasteiger partial charge in [-0.15, -0.1) is 11.3 Å². The number of thiophene rings is 1. The fourth-order valence-electron chi connectivity index (χ4n) is 2.07. The topological polar surface area (TPSA) is 57.0 Å². The maximum Gasteiger partial charge on any atom is 0.262 e. The third-order valence-corrected chi connectivity index (χ3v) is 4.10. The number of hydrogen-bond acceptors (Lipinski definition) is 5. The zero-order chi connectivity index (χ0) is 13.9. The molecule has 0 radical (unpaired) electrons. The van der Waals surface area contributed by atoms with Crippen LogP contribution in [0.2, 0.25) is 0 Å². The smallest absolute Gasteiger partial charge is 0.262 e. The molecule has 0 spiro atoms. The molecule has 1 atom stereocenters. The molecule has 0 saturated heterocycles. The van der Waals surface area contributed by atoms with Crippen molar-refractivity contribution in [1.29, 1.82) is 0 Å². The monoisotopic (exact) mass is 287 g/mol. The van der Waals surface area contributed by atoms with Crippen molar-refractivity contribution in [3.05, 3.63) is 57.5 Å². The molecule has 0 amide bonds. The van der Waals surface area contributed by atoms with E-state index in [2.05, 4.69) is 9.97 Å². The lowest BCUT2D eigenvalue weighted by Crippen LogP contribution is -2.24. The second-order valence-electron chi connectivity index (χ2n) is 4.33. The molecule has 0 aromatic carbocycles. The van der Waals surface area contributed by atoms with E-state index in [1.165, 1.54) is 0 Å². The predicted octanol–water partition coefficient (Wildman–Crippen LogP) is 2.24. The van der Waals surface area contributed by atoms with Crippen molar-refractivity contribution in [1.82, 2.24) is 14.5 Å². The van der Waals surface area contributed by atoms with Gasteiger partial charge in [-0.25, -0.2) is 4.98 Å². The predicted molar refractivity (Wildman–Crippen MR) is 77.9 cm³/mol. The van der Waals surface area contributed by atoms with E-state index in [9.17, 15) is 4.79 Å². The van der Waals surface area contributed by atoms with Gasteiger partial charge in [-0.05, 0) is 17.5 Å². The van der Waals surface area contributed by atoms with Crippen LogP contribution in [0.4, 0.5) is 0 Å². The van der Waals surface area contributed by atoms with Gasteiger partial charge in [0.15, 0.2) is 0 Å². The molecule has 102 valence electrons. The summed E-state index contributed by atoms with van der Waals surface area (Å²) in [6.45, 7) is 0.438. The van der Waals surface area contributed by atoms with E-state index >= 15 is 0 Å². The lowest BCUT2D eigenvalue weighted by Gasteiger charge is -2.15. The number of pyridine rings is 1. The van der Waals surface area contributed by atoms with Gasteiger partial charge in [-0.1, -0.05) is 6.07 Å². The van der Waals surface area contributed by atoms with Crippen LogP contribution in [0.1, 0.15) is 11.0 Å². The first-order chi connectivity index (χ1) is 9.79. The average molecular weight is 287 g/mol. The Morgan fingerprint density at radius 3 is 3.10 bits per heavy atom. The molecular formula is C14H13N3O2S. The van der Waals surface area contributed by atoms with Gasteiger partial charge in [-0.2, -0.15) is 0 Å². The van der Waals surface area contributed by atoms with Gasteiger partial charge in [0, 0.05) is 24.4 Å². The van der Waals surface area contributed by atoms with Crippen LogP contribution in [0.3, 0.4) is 0 Å². The molecule has 3 aromatic heterocycles. The zero-order valence-corrected chi connectivity index (χ0v) is 11.7. The Labute approximate surface area is 119 Å². The van der Waals surface area contributed by atoms with Gasteiger partial charge < -0.3 is 4.74 Å². The molecule has 6 heteroatoms. The van der Waals surface area contributed by atoms with Gasteiger partial charge in [0.2, 0.25) is 0 Å². The first-order valence-corrected chi connectivity index (χ1v) is 7.03. The molecule has 20 heavy (non-hydrogen) atoms. The Balaban J connectivity index is 1.98. The molecule has 3 heterocycles. The summed E-state index contributed by atoms with van der Waals surface area (Å²) in [6, 6.07) is 5.70. The van der Waals surface area contributed by atoms with Crippen molar-refractivity contribution in [3.8, 4) is 0 Å². The molecule has 0 saturated carbocycles. The summed E-state index contributed by atoms with van der Waals surface area (Å²) in [5.41, 5.74) is 0.563. The van der Waals surface area contributed by atoms with Crippen LogP contribution >= 0.6 is 11.3 Å². The summed E-state index contributed by atoms with van der Waals surface area (Å²) in [6.07, 6.45) is 4.59. The average Bonchev–Trinajstić information content (AvgIpc) is 3.01. The summed E-state index contributed by atoms with van der Waals surface area (Å²) in [4.78, 5) is 21.7. The molecule has 0 N–H and O–H groups in total. The summed E-state index contributed by atoms with van der Waals surface area (Å²) in [5, 5.41) is 2.52. The Kier molecular flexibility index (Phi) is 3.58. The lowest BCUT2D eigenvalue weighted by atomic mass is 10.2. The summed E-state index contributed by atoms with van der Waals surface area (Å²) in [7, 11) is 1.64. The van der Waals surface area contributed by atoms with Crippen LogP contribution in [0, 0.1) is 0 Å². The SMILES string of the molecule is CO[C@H](Cn1cnc2ccncc2c1=O)c1cccs1. The number of ether oxygens (including phenoxy) is 1. The molecule has 0 unspecified atom stereocenters. The Bertz CT molecular complexity index is 767. The molecule has 0 aliphatic heterocycles. The van der Waals surface area contributed by atoms with E-state index in [4.69, 9.17) is 4.74 Å². The quantitative estimate of drug-likeness (QED) is 0.738. The van der Waals surface area contributed by atoms with Gasteiger partial charge >= 0.3 is 0 Å². The third kappa shape index (κ3) is 2.35. The third-order valence-electron chi connectivity index (χ3n) is 3.13. The number of methoxy groups -OCH3 is 1. The minimum Gasteiger partial charge on any atom is -0.374 e. The summed E-state index contributed by atoms with van der Waals surface area (Å²) >= 11 is 1.61. The van der Waals surface area contributed by atoms with E-state index in [0.717, 1.165) is 4.88 Å². The van der Waals surface area contributed by atoms with Gasteiger partial charge in [0.1, 0.15) is 6.10 Å². The van der Waals surface area contributed by atoms with Crippen LogP contribution in [-0.4, -0.2) is 21.6 Å². The molecule has 0 bridgehead atoms. The minimum absolute atomic E-state index is 0.0956. The van der Waals surface area contributed by atoms with Crippen LogP contribution in [0.25, 0.3) is 10.9 Å². The number of aromatic nitrogens is 3. The Morgan fingerprint density at radius 1 is 1.45 bits per heavy atom. The normalized spacial score (nSPS) is 12.7. The number of hydrogen-bond donors (Lipinski definition) is 0. The molecule has 3 rings (SSSR count). The molecule has 0 aliphatic carbocycles. The van der Waals surface area contributed by atoms with Crippen molar-refractivity contribution in [2.24, 2.45) is 0 Å². The van der Waals surface area contributed by atoms with E-state index in [1.54, 1.807) is 47.8 Å². The van der Waals surface area contributed by atoms with Crippen molar-refractivity contribution >= 4 is 22.2 Å². The molecule has 0 aliphatic rings. The van der Waals surface area contributed by atoms with E-state index < -0.39 is 0 Å². The maximum atomic E-state index is 12.4. The van der Waals surface area contributed by atoms with Crippen molar-refractivity contribution in [2.75, 3.05) is 7.11 Å². The fourth-order valence-corrected chi connectivity index (χ4v) is 2.86. The minimum atomic E-state index is -0.149. The van der Waals surface area contributed by atoms with Crippen LogP contribution in [0.15, 0.2) is 47.1 Å². The highest BCUT2D eigenvalue weighted by atomic mass is 32.1. The first kappa shape index (κ1) is 13.0. The van der Waals surface area contributed by atoms with Gasteiger partial charge in [0.25, 0.3) is 5.56 Å². The lowest BCUT2D eigenvalue weighted by molar-refractivity contribution is 0.0897. The number of fused-ring (bicyclic) bond motifs is 1. The summed E-state index contributed by atoms with van der Waals surface area (Å²) in [5.74, 6) is 0. The number of nitrogens with zero attached hydrogens (tertiary/aromatic N) is 3. The Morgan fingerprint density at radius 2 is 2.35 bits per heavy atom. The van der Waals surface area contributed by atoms with Crippen molar-refractivity contribution in [2.45, 2.75) is 12.6 Å². The molecule has 3 aromatic rings. The standard InChI is InChI=1S/C14H13N3O2S/c1-19-12(13-3-2-6-20-13)8-17-9-16-11-4-5-15-7-10(11)14(17)18/h2-7,9,12H,8H2,1H3/t12-/m1/s1. The number of rotatable bonds is 4. The maximum absolute atomic E-state index is 12.4. The van der Waals surface area contributed by atoms with Gasteiger partial charge in [-0.3, -0.25) is 14.3 Å². The second kappa shape index (κ2) is 5.52. The fraction of sp³-hybridized carbons (Fsp3) is 0.214. The van der Waals surface area contributed by atoms with E-state index in [1.807, 2.05) is 17.5 Å². The largest absolute Gasteiger partial charge is 0.374 e. The highest BCUT2D eigenvalue weighted by Gasteiger charge is 2.14. The molecule has 5 nitrogen and oxygen atoms in total. The van der Waals surface area contributed by atoms with Crippen LogP contribution in [0.5, 0.6) is 0 Å². The van der Waals surface area contributed by atoms with Crippen LogP contribution in [-0.2, 0) is 11.3 Å². The van der Waals surface area contributed by atoms with Gasteiger partial charge in [0.05, 0.1) is 23.8 Å². The zero-order valence-electron chi connectivity index (χ0n) is 10.9.